The molecule has 3 aromatic heterocycles. The molecular formula is C17H20N4O2S2. The molecule has 0 aliphatic rings. The van der Waals surface area contributed by atoms with E-state index in [9.17, 15) is 8.42 Å². The molecule has 3 aromatic rings. The molecule has 0 saturated carbocycles. The van der Waals surface area contributed by atoms with Crippen LogP contribution in [0.15, 0.2) is 24.5 Å². The van der Waals surface area contributed by atoms with Gasteiger partial charge in [0.15, 0.2) is 5.82 Å². The summed E-state index contributed by atoms with van der Waals surface area (Å²) in [4.78, 5) is 17.6. The molecule has 0 aromatic carbocycles. The molecule has 25 heavy (non-hydrogen) atoms. The van der Waals surface area contributed by atoms with Gasteiger partial charge in [-0.25, -0.2) is 18.4 Å². The average molecular weight is 377 g/mol. The Hall–Kier alpha value is -2.06. The van der Waals surface area contributed by atoms with Gasteiger partial charge in [-0.3, -0.25) is 4.98 Å². The van der Waals surface area contributed by atoms with Crippen LogP contribution in [0.1, 0.15) is 10.4 Å². The van der Waals surface area contributed by atoms with Gasteiger partial charge in [0.05, 0.1) is 11.1 Å². The number of rotatable bonds is 5. The van der Waals surface area contributed by atoms with E-state index in [-0.39, 0.29) is 5.75 Å². The quantitative estimate of drug-likeness (QED) is 0.681. The predicted molar refractivity (Wildman–Crippen MR) is 103 cm³/mol. The van der Waals surface area contributed by atoms with Crippen molar-refractivity contribution in [2.24, 2.45) is 0 Å². The highest BCUT2D eigenvalue weighted by Crippen LogP contribution is 2.36. The van der Waals surface area contributed by atoms with Crippen molar-refractivity contribution < 1.29 is 8.42 Å². The fourth-order valence-electron chi connectivity index (χ4n) is 2.54. The third-order valence-electron chi connectivity index (χ3n) is 4.09. The fourth-order valence-corrected chi connectivity index (χ4v) is 4.17. The second-order valence-electron chi connectivity index (χ2n) is 6.13. The summed E-state index contributed by atoms with van der Waals surface area (Å²) < 4.78 is 23.0. The monoisotopic (exact) mass is 376 g/mol. The van der Waals surface area contributed by atoms with Gasteiger partial charge in [-0.15, -0.1) is 11.3 Å². The first-order chi connectivity index (χ1) is 11.8. The van der Waals surface area contributed by atoms with Crippen molar-refractivity contribution in [3.8, 4) is 11.4 Å². The topological polar surface area (TPSA) is 76.1 Å². The van der Waals surface area contributed by atoms with Crippen molar-refractivity contribution in [3.63, 3.8) is 0 Å². The first-order valence-electron chi connectivity index (χ1n) is 7.83. The summed E-state index contributed by atoms with van der Waals surface area (Å²) in [5, 5.41) is 0.992. The van der Waals surface area contributed by atoms with Crippen molar-refractivity contribution in [2.75, 3.05) is 30.5 Å². The minimum Gasteiger partial charge on any atom is -0.358 e. The van der Waals surface area contributed by atoms with Gasteiger partial charge in [0, 0.05) is 42.7 Å². The second-order valence-corrected chi connectivity index (χ2v) is 9.59. The summed E-state index contributed by atoms with van der Waals surface area (Å²) in [5.41, 5.74) is 1.98. The van der Waals surface area contributed by atoms with E-state index in [2.05, 4.69) is 18.8 Å². The number of anilines is 1. The Morgan fingerprint density at radius 1 is 1.24 bits per heavy atom. The molecule has 0 N–H and O–H groups in total. The molecular weight excluding hydrogens is 356 g/mol. The van der Waals surface area contributed by atoms with Gasteiger partial charge in [-0.05, 0) is 31.5 Å². The Morgan fingerprint density at radius 2 is 2.00 bits per heavy atom. The largest absolute Gasteiger partial charge is 0.358 e. The van der Waals surface area contributed by atoms with E-state index < -0.39 is 9.84 Å². The van der Waals surface area contributed by atoms with Crippen LogP contribution in [0, 0.1) is 13.8 Å². The summed E-state index contributed by atoms with van der Waals surface area (Å²) in [7, 11) is -1.17. The SMILES string of the molecule is Cc1sc2nc(-c3cccnc3)nc(N(C)CCS(C)(=O)=O)c2c1C. The number of nitrogens with zero attached hydrogens (tertiary/aromatic N) is 4. The zero-order chi connectivity index (χ0) is 18.2. The van der Waals surface area contributed by atoms with Crippen molar-refractivity contribution in [2.45, 2.75) is 13.8 Å². The molecule has 0 fully saturated rings. The normalized spacial score (nSPS) is 11.8. The van der Waals surface area contributed by atoms with Crippen molar-refractivity contribution in [1.82, 2.24) is 15.0 Å². The number of thiophene rings is 1. The molecule has 3 heterocycles. The van der Waals surface area contributed by atoms with Gasteiger partial charge in [0.1, 0.15) is 20.5 Å². The Kier molecular flexibility index (Phi) is 4.75. The Bertz CT molecular complexity index is 1010. The van der Waals surface area contributed by atoms with Crippen molar-refractivity contribution in [1.29, 1.82) is 0 Å². The number of aryl methyl sites for hydroxylation is 2. The summed E-state index contributed by atoms with van der Waals surface area (Å²) >= 11 is 1.63. The number of pyridine rings is 1. The van der Waals surface area contributed by atoms with Crippen LogP contribution in [-0.4, -0.2) is 49.0 Å². The molecule has 6 nitrogen and oxygen atoms in total. The molecule has 0 aliphatic carbocycles. The van der Waals surface area contributed by atoms with E-state index in [1.54, 1.807) is 23.7 Å². The fraction of sp³-hybridized carbons (Fsp3) is 0.353. The maximum Gasteiger partial charge on any atom is 0.164 e. The van der Waals surface area contributed by atoms with Crippen LogP contribution < -0.4 is 4.90 Å². The molecule has 8 heteroatoms. The van der Waals surface area contributed by atoms with E-state index in [0.717, 1.165) is 27.2 Å². The lowest BCUT2D eigenvalue weighted by atomic mass is 10.2. The summed E-state index contributed by atoms with van der Waals surface area (Å²) in [6.07, 6.45) is 4.69. The van der Waals surface area contributed by atoms with Gasteiger partial charge in [-0.2, -0.15) is 0 Å². The molecule has 0 atom stereocenters. The lowest BCUT2D eigenvalue weighted by Crippen LogP contribution is -2.26. The van der Waals surface area contributed by atoms with Crippen LogP contribution in [0.5, 0.6) is 0 Å². The van der Waals surface area contributed by atoms with Gasteiger partial charge in [0.2, 0.25) is 0 Å². The van der Waals surface area contributed by atoms with Gasteiger partial charge < -0.3 is 4.90 Å². The maximum atomic E-state index is 11.5. The summed E-state index contributed by atoms with van der Waals surface area (Å²) in [6.45, 7) is 4.49. The highest BCUT2D eigenvalue weighted by molar-refractivity contribution is 7.90. The molecule has 0 spiro atoms. The zero-order valence-electron chi connectivity index (χ0n) is 14.6. The number of hydrogen-bond acceptors (Lipinski definition) is 7. The molecule has 0 aliphatic heterocycles. The van der Waals surface area contributed by atoms with Gasteiger partial charge in [0.25, 0.3) is 0 Å². The van der Waals surface area contributed by atoms with Crippen LogP contribution in [0.25, 0.3) is 21.6 Å². The molecule has 3 rings (SSSR count). The Labute approximate surface area is 151 Å². The molecule has 0 radical (unpaired) electrons. The van der Waals surface area contributed by atoms with Gasteiger partial charge >= 0.3 is 0 Å². The standard InChI is InChI=1S/C17H20N4O2S2/c1-11-12(2)24-17-14(11)16(21(3)8-9-25(4,22)23)19-15(20-17)13-6-5-7-18-10-13/h5-7,10H,8-9H2,1-4H3. The Balaban J connectivity index is 2.14. The van der Waals surface area contributed by atoms with E-state index in [4.69, 9.17) is 9.97 Å². The first-order valence-corrected chi connectivity index (χ1v) is 10.7. The predicted octanol–water partition coefficient (Wildman–Crippen LogP) is 2.85. The third kappa shape index (κ3) is 3.80. The molecule has 0 amide bonds. The van der Waals surface area contributed by atoms with Crippen LogP contribution in [0.4, 0.5) is 5.82 Å². The number of sulfone groups is 1. The van der Waals surface area contributed by atoms with E-state index in [1.165, 1.54) is 11.1 Å². The first kappa shape index (κ1) is 17.8. The molecule has 0 saturated heterocycles. The number of hydrogen-bond donors (Lipinski definition) is 0. The summed E-state index contributed by atoms with van der Waals surface area (Å²) in [6, 6.07) is 3.77. The summed E-state index contributed by atoms with van der Waals surface area (Å²) in [5.74, 6) is 1.44. The van der Waals surface area contributed by atoms with Crippen LogP contribution in [-0.2, 0) is 9.84 Å². The third-order valence-corrected chi connectivity index (χ3v) is 6.11. The van der Waals surface area contributed by atoms with E-state index in [0.29, 0.717) is 12.4 Å². The average Bonchev–Trinajstić information content (AvgIpc) is 2.86. The second kappa shape index (κ2) is 6.68. The van der Waals surface area contributed by atoms with Crippen LogP contribution in [0.2, 0.25) is 0 Å². The zero-order valence-corrected chi connectivity index (χ0v) is 16.3. The highest BCUT2D eigenvalue weighted by Gasteiger charge is 2.19. The lowest BCUT2D eigenvalue weighted by Gasteiger charge is -2.19. The lowest BCUT2D eigenvalue weighted by molar-refractivity contribution is 0.601. The molecule has 0 bridgehead atoms. The van der Waals surface area contributed by atoms with Crippen LogP contribution in [0.3, 0.4) is 0 Å². The molecule has 132 valence electrons. The number of aromatic nitrogens is 3. The smallest absolute Gasteiger partial charge is 0.164 e. The number of fused-ring (bicyclic) bond motifs is 1. The maximum absolute atomic E-state index is 11.5. The van der Waals surface area contributed by atoms with Crippen molar-refractivity contribution in [3.05, 3.63) is 35.0 Å². The highest BCUT2D eigenvalue weighted by atomic mass is 32.2. The Morgan fingerprint density at radius 3 is 2.64 bits per heavy atom. The molecule has 0 unspecified atom stereocenters. The minimum absolute atomic E-state index is 0.0827. The van der Waals surface area contributed by atoms with Crippen LogP contribution >= 0.6 is 11.3 Å². The van der Waals surface area contributed by atoms with E-state index in [1.807, 2.05) is 24.1 Å². The van der Waals surface area contributed by atoms with Gasteiger partial charge in [-0.1, -0.05) is 0 Å². The van der Waals surface area contributed by atoms with E-state index >= 15 is 0 Å². The van der Waals surface area contributed by atoms with Crippen molar-refractivity contribution >= 4 is 37.2 Å². The minimum atomic E-state index is -3.04.